The summed E-state index contributed by atoms with van der Waals surface area (Å²) in [6, 6.07) is 21.8. The highest BCUT2D eigenvalue weighted by atomic mass is 32.1. The van der Waals surface area contributed by atoms with Crippen LogP contribution >= 0.6 is 11.3 Å². The molecule has 4 saturated heterocycles. The number of aliphatic hydroxyl groups excluding tert-OH is 1. The van der Waals surface area contributed by atoms with E-state index in [0.29, 0.717) is 61.4 Å². The Morgan fingerprint density at radius 2 is 1.64 bits per heavy atom. The maximum absolute atomic E-state index is 14.3. The van der Waals surface area contributed by atoms with Crippen molar-refractivity contribution in [3.8, 4) is 39.2 Å². The van der Waals surface area contributed by atoms with E-state index in [0.717, 1.165) is 66.4 Å². The Balaban J connectivity index is 0.673. The Morgan fingerprint density at radius 3 is 2.36 bits per heavy atom. The number of carbonyl (C=O) groups excluding carboxylic acids is 2. The molecule has 7 atom stereocenters. The van der Waals surface area contributed by atoms with E-state index in [1.165, 1.54) is 4.90 Å². The average Bonchev–Trinajstić information content (AvgIpc) is 4.37. The minimum atomic E-state index is -1.23. The normalized spacial score (nSPS) is 21.4. The molecular formula is C56H68N12O9S. The van der Waals surface area contributed by atoms with Gasteiger partial charge in [-0.1, -0.05) is 50.2 Å². The molecule has 0 spiro atoms. The number of amides is 3. The number of piperazine rings is 2. The average molecular weight is 1090 g/mol. The molecule has 4 fully saturated rings. The second kappa shape index (κ2) is 23.7. The number of pyridine rings is 1. The zero-order valence-corrected chi connectivity index (χ0v) is 45.4. The standard InChI is InChI=1S/C56H68N12O9S/c1-33(2)51(55(72)67-31-42(69)25-46(67)54(71)59-35(4)37-10-12-38(13-11-37)52-36(5)58-32-78-52)48-27-50(63-77-48)76-22-20-64-18-19-65(34(3)28-64)21-23-75-49-24-39(16-17-57-49)68-40-14-15-41(68)30-66(29-40)45-26-44(43-8-6-7-9-47(43)70)61-62-53(45)60-56(73)74/h6-13,16-17,24,26-27,32-35,40-42,46,51,69-70H,14-15,18-23,25,28-31H2,1-5H3,(H,59,71)(H,60,62)(H,73,74)/t34?,35-,40?,41?,42+,46-,51?/m0/s1. The van der Waals surface area contributed by atoms with Crippen molar-refractivity contribution >= 4 is 46.4 Å². The summed E-state index contributed by atoms with van der Waals surface area (Å²) >= 11 is 1.59. The monoisotopic (exact) mass is 1080 g/mol. The SMILES string of the molecule is Cc1ncsc1-c1ccc([C@H](C)NC(=O)[C@@H]2C[C@@H](O)CN2C(=O)C(c2cc(OCCN3CCN(CCOc4cc(N5C6CCC5CN(c5cc(-c7ccccc7O)nnc5NC(=O)O)C6)ccn4)C(C)C3)no2)C(C)C)cc1. The number of para-hydroxylation sites is 1. The van der Waals surface area contributed by atoms with Crippen LogP contribution in [0.4, 0.5) is 22.0 Å². The molecule has 4 aliphatic rings. The highest BCUT2D eigenvalue weighted by Gasteiger charge is 2.44. The molecule has 6 aromatic rings. The van der Waals surface area contributed by atoms with Crippen LogP contribution in [0, 0.1) is 12.8 Å². The number of hydrogen-bond acceptors (Lipinski definition) is 18. The number of phenolic OH excluding ortho intramolecular Hbond substituents is 1. The van der Waals surface area contributed by atoms with Crippen LogP contribution in [0.2, 0.25) is 0 Å². The molecule has 4 aliphatic heterocycles. The number of phenols is 1. The second-order valence-electron chi connectivity index (χ2n) is 21.1. The first-order valence-electron chi connectivity index (χ1n) is 26.8. The number of nitrogens with zero attached hydrogens (tertiary/aromatic N) is 10. The number of anilines is 3. The van der Waals surface area contributed by atoms with Crippen LogP contribution in [-0.4, -0.2) is 169 Å². The molecule has 0 aliphatic carbocycles. The van der Waals surface area contributed by atoms with E-state index in [1.807, 2.05) is 69.6 Å². The topological polar surface area (TPSA) is 248 Å². The molecule has 2 bridgehead atoms. The van der Waals surface area contributed by atoms with Crippen molar-refractivity contribution in [2.75, 3.05) is 80.7 Å². The first kappa shape index (κ1) is 54.0. The maximum atomic E-state index is 14.3. The van der Waals surface area contributed by atoms with Crippen molar-refractivity contribution in [2.24, 2.45) is 5.92 Å². The fourth-order valence-electron chi connectivity index (χ4n) is 11.5. The van der Waals surface area contributed by atoms with Gasteiger partial charge in [-0.3, -0.25) is 24.7 Å². The van der Waals surface area contributed by atoms with Gasteiger partial charge in [0, 0.05) is 106 Å². The summed E-state index contributed by atoms with van der Waals surface area (Å²) in [5.74, 6) is -0.158. The number of thiazole rings is 1. The van der Waals surface area contributed by atoms with Crippen LogP contribution in [0.15, 0.2) is 89.0 Å². The van der Waals surface area contributed by atoms with Crippen LogP contribution in [0.25, 0.3) is 21.7 Å². The summed E-state index contributed by atoms with van der Waals surface area (Å²) in [6.45, 7) is 16.0. The lowest BCUT2D eigenvalue weighted by Crippen LogP contribution is -2.54. The van der Waals surface area contributed by atoms with Gasteiger partial charge in [0.15, 0.2) is 11.6 Å². The van der Waals surface area contributed by atoms with Gasteiger partial charge in [-0.15, -0.1) is 21.5 Å². The highest BCUT2D eigenvalue weighted by molar-refractivity contribution is 7.13. The molecule has 21 nitrogen and oxygen atoms in total. The van der Waals surface area contributed by atoms with Crippen molar-refractivity contribution in [1.29, 1.82) is 0 Å². The predicted molar refractivity (Wildman–Crippen MR) is 294 cm³/mol. The van der Waals surface area contributed by atoms with E-state index in [-0.39, 0.29) is 72.3 Å². The number of aromatic nitrogens is 5. The number of hydrogen-bond donors (Lipinski definition) is 5. The minimum absolute atomic E-state index is 0.0403. The Kier molecular flexibility index (Phi) is 16.4. The molecular weight excluding hydrogens is 1020 g/mol. The van der Waals surface area contributed by atoms with Crippen molar-refractivity contribution in [3.63, 3.8) is 0 Å². The fraction of sp³-hybridized carbons (Fsp3) is 0.464. The molecule has 8 heterocycles. The van der Waals surface area contributed by atoms with Gasteiger partial charge in [-0.25, -0.2) is 14.8 Å². The molecule has 412 valence electrons. The summed E-state index contributed by atoms with van der Waals surface area (Å²) in [7, 11) is 0. The third kappa shape index (κ3) is 12.0. The number of ether oxygens (including phenoxy) is 2. The van der Waals surface area contributed by atoms with E-state index in [2.05, 4.69) is 62.5 Å². The number of nitrogens with one attached hydrogen (secondary N) is 2. The maximum Gasteiger partial charge on any atom is 0.410 e. The van der Waals surface area contributed by atoms with Gasteiger partial charge < -0.3 is 49.3 Å². The van der Waals surface area contributed by atoms with Crippen LogP contribution in [0.5, 0.6) is 17.5 Å². The fourth-order valence-corrected chi connectivity index (χ4v) is 12.4. The van der Waals surface area contributed by atoms with Crippen molar-refractivity contribution in [1.82, 2.24) is 45.3 Å². The zero-order valence-electron chi connectivity index (χ0n) is 44.6. The molecule has 4 unspecified atom stereocenters. The van der Waals surface area contributed by atoms with Crippen LogP contribution in [0.1, 0.15) is 75.9 Å². The number of aliphatic hydroxyl groups is 1. The van der Waals surface area contributed by atoms with Crippen LogP contribution < -0.4 is 29.9 Å². The van der Waals surface area contributed by atoms with E-state index < -0.39 is 24.2 Å². The van der Waals surface area contributed by atoms with Crippen LogP contribution in [-0.2, 0) is 9.59 Å². The van der Waals surface area contributed by atoms with Gasteiger partial charge in [-0.05, 0) is 80.1 Å². The van der Waals surface area contributed by atoms with Crippen molar-refractivity contribution < 1.29 is 43.7 Å². The number of aromatic hydroxyl groups is 1. The zero-order chi connectivity index (χ0) is 54.6. The molecule has 10 rings (SSSR count). The number of rotatable bonds is 19. The number of fused-ring (bicyclic) bond motifs is 2. The lowest BCUT2D eigenvalue weighted by molar-refractivity contribution is -0.141. The molecule has 2 aromatic carbocycles. The van der Waals surface area contributed by atoms with Gasteiger partial charge >= 0.3 is 6.09 Å². The van der Waals surface area contributed by atoms with Gasteiger partial charge in [0.05, 0.1) is 39.6 Å². The number of β-amino-alcohol motifs (C(OH)–C–C–N with tert-alkyl or cyclic N) is 1. The molecule has 5 N–H and O–H groups in total. The van der Waals surface area contributed by atoms with E-state index in [9.17, 15) is 29.7 Å². The third-order valence-electron chi connectivity index (χ3n) is 15.5. The van der Waals surface area contributed by atoms with Gasteiger partial charge in [0.1, 0.15) is 30.9 Å². The largest absolute Gasteiger partial charge is 0.507 e. The van der Waals surface area contributed by atoms with Gasteiger partial charge in [0.25, 0.3) is 5.88 Å². The summed E-state index contributed by atoms with van der Waals surface area (Å²) in [4.78, 5) is 60.6. The first-order valence-corrected chi connectivity index (χ1v) is 27.7. The van der Waals surface area contributed by atoms with E-state index in [4.69, 9.17) is 14.0 Å². The summed E-state index contributed by atoms with van der Waals surface area (Å²) < 4.78 is 18.1. The summed E-state index contributed by atoms with van der Waals surface area (Å²) in [5.41, 5.74) is 7.39. The van der Waals surface area contributed by atoms with E-state index >= 15 is 0 Å². The molecule has 0 radical (unpaired) electrons. The Morgan fingerprint density at radius 1 is 0.885 bits per heavy atom. The number of aryl methyl sites for hydroxylation is 1. The van der Waals surface area contributed by atoms with Crippen molar-refractivity contribution in [3.05, 3.63) is 102 Å². The molecule has 22 heteroatoms. The number of carbonyl (C=O) groups is 3. The molecule has 0 saturated carbocycles. The summed E-state index contributed by atoms with van der Waals surface area (Å²) in [5, 5.41) is 49.0. The summed E-state index contributed by atoms with van der Waals surface area (Å²) in [6.07, 6.45) is 1.79. The lowest BCUT2D eigenvalue weighted by Gasteiger charge is -2.43. The number of carboxylic acid groups (broad SMARTS) is 1. The third-order valence-corrected chi connectivity index (χ3v) is 16.5. The Labute approximate surface area is 457 Å². The van der Waals surface area contributed by atoms with Gasteiger partial charge in [-0.2, -0.15) is 0 Å². The molecule has 4 aromatic heterocycles. The first-order chi connectivity index (χ1) is 37.7. The van der Waals surface area contributed by atoms with Crippen LogP contribution in [0.3, 0.4) is 0 Å². The predicted octanol–water partition coefficient (Wildman–Crippen LogP) is 6.65. The Hall–Kier alpha value is -7.40. The number of likely N-dealkylation sites (tertiary alicyclic amines) is 1. The lowest BCUT2D eigenvalue weighted by atomic mass is 9.91. The number of benzene rings is 2. The highest BCUT2D eigenvalue weighted by Crippen LogP contribution is 2.41. The smallest absolute Gasteiger partial charge is 0.410 e. The minimum Gasteiger partial charge on any atom is -0.507 e. The van der Waals surface area contributed by atoms with Gasteiger partial charge in [0.2, 0.25) is 17.7 Å². The molecule has 3 amide bonds. The van der Waals surface area contributed by atoms with Crippen molar-refractivity contribution in [2.45, 2.75) is 96.1 Å². The Bertz CT molecular complexity index is 3050. The molecule has 78 heavy (non-hydrogen) atoms. The quantitative estimate of drug-likeness (QED) is 0.0569. The van der Waals surface area contributed by atoms with E-state index in [1.54, 1.807) is 53.9 Å². The second-order valence-corrected chi connectivity index (χ2v) is 22.0.